The summed E-state index contributed by atoms with van der Waals surface area (Å²) in [7, 11) is -1.01. The summed E-state index contributed by atoms with van der Waals surface area (Å²) >= 11 is 1.64. The van der Waals surface area contributed by atoms with E-state index in [1.165, 1.54) is 0 Å². The molecule has 1 aromatic heterocycles. The van der Waals surface area contributed by atoms with Crippen molar-refractivity contribution >= 4 is 37.3 Å². The molecular weight excluding hydrogens is 408 g/mol. The van der Waals surface area contributed by atoms with E-state index in [1.54, 1.807) is 16.2 Å². The van der Waals surface area contributed by atoms with E-state index in [2.05, 4.69) is 20.9 Å². The molecule has 2 aliphatic rings. The number of amides is 1. The van der Waals surface area contributed by atoms with Crippen LogP contribution in [-0.2, 0) is 14.6 Å². The average Bonchev–Trinajstić information content (AvgIpc) is 3.30. The second-order valence-electron chi connectivity index (χ2n) is 8.07. The van der Waals surface area contributed by atoms with Gasteiger partial charge in [-0.25, -0.2) is 13.4 Å². The van der Waals surface area contributed by atoms with Crippen molar-refractivity contribution in [1.82, 2.24) is 19.7 Å². The molecule has 1 aromatic carbocycles. The van der Waals surface area contributed by atoms with Gasteiger partial charge in [0, 0.05) is 39.3 Å². The maximum absolute atomic E-state index is 12.8. The Labute approximate surface area is 176 Å². The fourth-order valence-corrected chi connectivity index (χ4v) is 6.93. The number of nitrogens with zero attached hydrogens (tertiary/aromatic N) is 4. The van der Waals surface area contributed by atoms with Crippen LogP contribution in [0.3, 0.4) is 0 Å². The molecule has 0 radical (unpaired) electrons. The second kappa shape index (κ2) is 8.29. The standard InChI is InChI=1S/C20H28N4O3S2/c1-15(20-21-17-5-3-4-6-18(17)28-20)22(2)19(25)13-23-8-10-24(11-9-23)16-7-12-29(26,27)14-16/h3-6,15-16H,7-14H2,1-2H3/t15-,16-/m1/s1. The number of carbonyl (C=O) groups excluding carboxylic acids is 1. The van der Waals surface area contributed by atoms with Crippen molar-refractivity contribution in [2.75, 3.05) is 51.3 Å². The summed E-state index contributed by atoms with van der Waals surface area (Å²) in [6.45, 7) is 5.66. The predicted octanol–water partition coefficient (Wildman–Crippen LogP) is 1.62. The molecule has 29 heavy (non-hydrogen) atoms. The maximum atomic E-state index is 12.8. The molecule has 4 rings (SSSR count). The van der Waals surface area contributed by atoms with Crippen LogP contribution >= 0.6 is 11.3 Å². The van der Waals surface area contributed by atoms with E-state index in [0.717, 1.165) is 47.8 Å². The Morgan fingerprint density at radius 2 is 2.00 bits per heavy atom. The predicted molar refractivity (Wildman–Crippen MR) is 116 cm³/mol. The van der Waals surface area contributed by atoms with Crippen LogP contribution in [0.2, 0.25) is 0 Å². The van der Waals surface area contributed by atoms with Crippen molar-refractivity contribution in [1.29, 1.82) is 0 Å². The van der Waals surface area contributed by atoms with Gasteiger partial charge in [-0.1, -0.05) is 12.1 Å². The van der Waals surface area contributed by atoms with Gasteiger partial charge in [0.25, 0.3) is 0 Å². The van der Waals surface area contributed by atoms with E-state index < -0.39 is 9.84 Å². The molecule has 2 aromatic rings. The number of thiazole rings is 1. The van der Waals surface area contributed by atoms with Gasteiger partial charge >= 0.3 is 0 Å². The topological polar surface area (TPSA) is 73.8 Å². The van der Waals surface area contributed by atoms with Gasteiger partial charge in [0.1, 0.15) is 5.01 Å². The lowest BCUT2D eigenvalue weighted by Gasteiger charge is -2.38. The molecule has 0 spiro atoms. The molecule has 2 atom stereocenters. The van der Waals surface area contributed by atoms with Crippen LogP contribution in [0.4, 0.5) is 0 Å². The number of fused-ring (bicyclic) bond motifs is 1. The second-order valence-corrected chi connectivity index (χ2v) is 11.4. The molecule has 2 aliphatic heterocycles. The highest BCUT2D eigenvalue weighted by molar-refractivity contribution is 7.91. The number of hydrogen-bond donors (Lipinski definition) is 0. The van der Waals surface area contributed by atoms with Crippen molar-refractivity contribution < 1.29 is 13.2 Å². The van der Waals surface area contributed by atoms with Gasteiger partial charge in [-0.05, 0) is 25.5 Å². The van der Waals surface area contributed by atoms with E-state index in [4.69, 9.17) is 0 Å². The third-order valence-electron chi connectivity index (χ3n) is 6.13. The number of benzene rings is 1. The van der Waals surface area contributed by atoms with Crippen LogP contribution in [0.1, 0.15) is 24.4 Å². The van der Waals surface area contributed by atoms with E-state index in [0.29, 0.717) is 12.3 Å². The zero-order chi connectivity index (χ0) is 20.6. The Hall–Kier alpha value is -1.55. The third kappa shape index (κ3) is 4.63. The van der Waals surface area contributed by atoms with Gasteiger partial charge in [-0.2, -0.15) is 0 Å². The number of para-hydroxylation sites is 1. The summed E-state index contributed by atoms with van der Waals surface area (Å²) in [5, 5.41) is 0.953. The molecule has 0 aliphatic carbocycles. The molecule has 0 saturated carbocycles. The highest BCUT2D eigenvalue weighted by Gasteiger charge is 2.34. The van der Waals surface area contributed by atoms with Crippen molar-refractivity contribution in [2.24, 2.45) is 0 Å². The van der Waals surface area contributed by atoms with Gasteiger partial charge in [0.15, 0.2) is 9.84 Å². The lowest BCUT2D eigenvalue weighted by molar-refractivity contribution is -0.133. The van der Waals surface area contributed by atoms with Gasteiger partial charge in [0.2, 0.25) is 5.91 Å². The minimum atomic E-state index is -2.86. The lowest BCUT2D eigenvalue weighted by atomic mass is 10.2. The quantitative estimate of drug-likeness (QED) is 0.709. The number of carbonyl (C=O) groups is 1. The minimum Gasteiger partial charge on any atom is -0.335 e. The number of sulfone groups is 1. The summed E-state index contributed by atoms with van der Waals surface area (Å²) in [5.74, 6) is 0.688. The van der Waals surface area contributed by atoms with Crippen molar-refractivity contribution in [3.8, 4) is 0 Å². The Balaban J connectivity index is 1.30. The Bertz CT molecular complexity index is 950. The Morgan fingerprint density at radius 1 is 1.28 bits per heavy atom. The van der Waals surface area contributed by atoms with Gasteiger partial charge in [-0.3, -0.25) is 14.6 Å². The highest BCUT2D eigenvalue weighted by atomic mass is 32.2. The van der Waals surface area contributed by atoms with Gasteiger partial charge in [0.05, 0.1) is 34.3 Å². The first-order chi connectivity index (χ1) is 13.8. The maximum Gasteiger partial charge on any atom is 0.237 e. The molecule has 9 heteroatoms. The van der Waals surface area contributed by atoms with Gasteiger partial charge < -0.3 is 4.90 Å². The SMILES string of the molecule is C[C@H](c1nc2ccccc2s1)N(C)C(=O)CN1CCN([C@@H]2CCS(=O)(=O)C2)CC1. The van der Waals surface area contributed by atoms with Crippen molar-refractivity contribution in [3.05, 3.63) is 29.3 Å². The molecule has 2 fully saturated rings. The number of piperazine rings is 1. The summed E-state index contributed by atoms with van der Waals surface area (Å²) < 4.78 is 24.6. The lowest BCUT2D eigenvalue weighted by Crippen LogP contribution is -2.52. The van der Waals surface area contributed by atoms with Crippen LogP contribution < -0.4 is 0 Å². The fourth-order valence-electron chi connectivity index (χ4n) is 4.10. The molecule has 0 unspecified atom stereocenters. The van der Waals surface area contributed by atoms with E-state index in [-0.39, 0.29) is 23.7 Å². The van der Waals surface area contributed by atoms with Crippen molar-refractivity contribution in [2.45, 2.75) is 25.4 Å². The van der Waals surface area contributed by atoms with Crippen LogP contribution in [0.25, 0.3) is 10.2 Å². The average molecular weight is 437 g/mol. The van der Waals surface area contributed by atoms with Crippen LogP contribution in [-0.4, -0.2) is 91.3 Å². The number of rotatable bonds is 5. The molecule has 158 valence electrons. The zero-order valence-electron chi connectivity index (χ0n) is 17.0. The first-order valence-electron chi connectivity index (χ1n) is 10.1. The van der Waals surface area contributed by atoms with Crippen LogP contribution in [0.5, 0.6) is 0 Å². The van der Waals surface area contributed by atoms with Crippen LogP contribution in [0.15, 0.2) is 24.3 Å². The summed E-state index contributed by atoms with van der Waals surface area (Å²) in [6, 6.07) is 8.12. The zero-order valence-corrected chi connectivity index (χ0v) is 18.6. The number of hydrogen-bond acceptors (Lipinski definition) is 7. The first-order valence-corrected chi connectivity index (χ1v) is 12.7. The van der Waals surface area contributed by atoms with E-state index >= 15 is 0 Å². The summed E-state index contributed by atoms with van der Waals surface area (Å²) in [6.07, 6.45) is 0.740. The van der Waals surface area contributed by atoms with Crippen LogP contribution in [0, 0.1) is 0 Å². The molecule has 3 heterocycles. The first kappa shape index (κ1) is 20.7. The molecule has 2 saturated heterocycles. The largest absolute Gasteiger partial charge is 0.335 e. The Kier molecular flexibility index (Phi) is 5.92. The molecular formula is C20H28N4O3S2. The summed E-state index contributed by atoms with van der Waals surface area (Å²) in [4.78, 5) is 23.7. The third-order valence-corrected chi connectivity index (χ3v) is 9.09. The number of aromatic nitrogens is 1. The van der Waals surface area contributed by atoms with E-state index in [9.17, 15) is 13.2 Å². The Morgan fingerprint density at radius 3 is 2.66 bits per heavy atom. The minimum absolute atomic E-state index is 0.0649. The molecule has 0 N–H and O–H groups in total. The van der Waals surface area contributed by atoms with Gasteiger partial charge in [-0.15, -0.1) is 11.3 Å². The smallest absolute Gasteiger partial charge is 0.237 e. The van der Waals surface area contributed by atoms with E-state index in [1.807, 2.05) is 32.2 Å². The monoisotopic (exact) mass is 436 g/mol. The molecule has 7 nitrogen and oxygen atoms in total. The normalized spacial score (nSPS) is 24.0. The summed E-state index contributed by atoms with van der Waals surface area (Å²) in [5.41, 5.74) is 0.977. The fraction of sp³-hybridized carbons (Fsp3) is 0.600. The molecule has 1 amide bonds. The van der Waals surface area contributed by atoms with Crippen molar-refractivity contribution in [3.63, 3.8) is 0 Å². The highest BCUT2D eigenvalue weighted by Crippen LogP contribution is 2.29. The molecule has 0 bridgehead atoms. The number of likely N-dealkylation sites (N-methyl/N-ethyl adjacent to an activating group) is 1.